The Morgan fingerprint density at radius 2 is 1.88 bits per heavy atom. The summed E-state index contributed by atoms with van der Waals surface area (Å²) in [4.78, 5) is 23.7. The molecule has 0 spiro atoms. The van der Waals surface area contributed by atoms with Crippen LogP contribution in [0.1, 0.15) is 18.4 Å². The lowest BCUT2D eigenvalue weighted by molar-refractivity contribution is -0.139. The smallest absolute Gasteiger partial charge is 0.229 e. The predicted octanol–water partition coefficient (Wildman–Crippen LogP) is 1.06. The second-order valence-corrected chi connectivity index (χ2v) is 3.69. The Labute approximate surface area is 91.8 Å². The van der Waals surface area contributed by atoms with Crippen molar-refractivity contribution in [1.29, 1.82) is 0 Å². The molecule has 1 aliphatic rings. The van der Waals surface area contributed by atoms with E-state index in [1.807, 2.05) is 0 Å². The molecule has 5 heteroatoms. The van der Waals surface area contributed by atoms with Gasteiger partial charge in [-0.2, -0.15) is 0 Å². The van der Waals surface area contributed by atoms with Crippen molar-refractivity contribution in [2.24, 2.45) is 0 Å². The number of benzene rings is 1. The number of amides is 2. The summed E-state index contributed by atoms with van der Waals surface area (Å²) < 4.78 is 13.5. The van der Waals surface area contributed by atoms with Crippen molar-refractivity contribution in [3.05, 3.63) is 29.6 Å². The number of nitrogen functional groups attached to an aromatic ring is 1. The standard InChI is InChI=1S/C11H11FN2O2/c12-11-7(2-1-3-8(11)13)6-14-9(15)4-5-10(14)16/h1-3H,4-6,13H2. The number of imide groups is 1. The van der Waals surface area contributed by atoms with Crippen LogP contribution in [0.5, 0.6) is 0 Å². The second-order valence-electron chi connectivity index (χ2n) is 3.69. The number of carbonyl (C=O) groups is 2. The molecule has 84 valence electrons. The molecule has 2 rings (SSSR count). The predicted molar refractivity (Wildman–Crippen MR) is 55.6 cm³/mol. The number of nitrogens with zero attached hydrogens (tertiary/aromatic N) is 1. The van der Waals surface area contributed by atoms with Crippen LogP contribution in [-0.2, 0) is 16.1 Å². The fourth-order valence-corrected chi connectivity index (χ4v) is 1.69. The Kier molecular flexibility index (Phi) is 2.60. The first kappa shape index (κ1) is 10.6. The highest BCUT2D eigenvalue weighted by Crippen LogP contribution is 2.20. The summed E-state index contributed by atoms with van der Waals surface area (Å²) in [7, 11) is 0. The maximum atomic E-state index is 13.5. The molecule has 1 heterocycles. The molecule has 0 aliphatic carbocycles. The van der Waals surface area contributed by atoms with Crippen LogP contribution >= 0.6 is 0 Å². The monoisotopic (exact) mass is 222 g/mol. The normalized spacial score (nSPS) is 15.9. The Balaban J connectivity index is 2.24. The third kappa shape index (κ3) is 1.76. The van der Waals surface area contributed by atoms with E-state index in [9.17, 15) is 14.0 Å². The van der Waals surface area contributed by atoms with Crippen molar-refractivity contribution < 1.29 is 14.0 Å². The van der Waals surface area contributed by atoms with Gasteiger partial charge in [0.25, 0.3) is 0 Å². The van der Waals surface area contributed by atoms with E-state index in [0.29, 0.717) is 0 Å². The molecule has 0 aromatic heterocycles. The third-order valence-corrected chi connectivity index (χ3v) is 2.59. The number of anilines is 1. The van der Waals surface area contributed by atoms with E-state index < -0.39 is 5.82 Å². The van der Waals surface area contributed by atoms with Gasteiger partial charge in [0, 0.05) is 18.4 Å². The zero-order valence-corrected chi connectivity index (χ0v) is 8.57. The lowest BCUT2D eigenvalue weighted by Crippen LogP contribution is -2.28. The Bertz CT molecular complexity index is 443. The van der Waals surface area contributed by atoms with E-state index in [0.717, 1.165) is 4.90 Å². The molecular weight excluding hydrogens is 211 g/mol. The molecule has 2 amide bonds. The van der Waals surface area contributed by atoms with Gasteiger partial charge < -0.3 is 5.73 Å². The van der Waals surface area contributed by atoms with Gasteiger partial charge in [-0.25, -0.2) is 4.39 Å². The summed E-state index contributed by atoms with van der Waals surface area (Å²) in [6.07, 6.45) is 0.422. The maximum Gasteiger partial charge on any atom is 0.229 e. The number of likely N-dealkylation sites (tertiary alicyclic amines) is 1. The fraction of sp³-hybridized carbons (Fsp3) is 0.273. The maximum absolute atomic E-state index is 13.5. The molecule has 1 aromatic rings. The van der Waals surface area contributed by atoms with Gasteiger partial charge in [0.2, 0.25) is 11.8 Å². The summed E-state index contributed by atoms with van der Waals surface area (Å²) in [5, 5.41) is 0. The van der Waals surface area contributed by atoms with E-state index in [2.05, 4.69) is 0 Å². The van der Waals surface area contributed by atoms with Crippen LogP contribution in [0.25, 0.3) is 0 Å². The van der Waals surface area contributed by atoms with Crippen LogP contribution in [0, 0.1) is 5.82 Å². The minimum atomic E-state index is -0.560. The number of rotatable bonds is 2. The molecule has 4 nitrogen and oxygen atoms in total. The van der Waals surface area contributed by atoms with Crippen LogP contribution in [0.3, 0.4) is 0 Å². The summed E-state index contributed by atoms with van der Waals surface area (Å²) in [6.45, 7) is -0.0332. The largest absolute Gasteiger partial charge is 0.396 e. The molecule has 0 atom stereocenters. The van der Waals surface area contributed by atoms with E-state index in [1.54, 1.807) is 6.07 Å². The van der Waals surface area contributed by atoms with Gasteiger partial charge in [0.05, 0.1) is 12.2 Å². The molecule has 16 heavy (non-hydrogen) atoms. The van der Waals surface area contributed by atoms with Crippen LogP contribution in [0.2, 0.25) is 0 Å². The fourth-order valence-electron chi connectivity index (χ4n) is 1.69. The topological polar surface area (TPSA) is 63.4 Å². The first-order chi connectivity index (χ1) is 7.59. The van der Waals surface area contributed by atoms with Crippen LogP contribution in [-0.4, -0.2) is 16.7 Å². The van der Waals surface area contributed by atoms with Crippen molar-refractivity contribution in [2.75, 3.05) is 5.73 Å². The number of carbonyl (C=O) groups excluding carboxylic acids is 2. The lowest BCUT2D eigenvalue weighted by atomic mass is 10.2. The van der Waals surface area contributed by atoms with E-state index in [1.165, 1.54) is 12.1 Å². The highest BCUT2D eigenvalue weighted by atomic mass is 19.1. The van der Waals surface area contributed by atoms with Crippen LogP contribution in [0.4, 0.5) is 10.1 Å². The zero-order chi connectivity index (χ0) is 11.7. The molecule has 0 saturated carbocycles. The molecule has 1 saturated heterocycles. The second kappa shape index (κ2) is 3.92. The minimum absolute atomic E-state index is 0.0246. The van der Waals surface area contributed by atoms with E-state index in [-0.39, 0.29) is 42.5 Å². The van der Waals surface area contributed by atoms with E-state index >= 15 is 0 Å². The molecule has 1 aliphatic heterocycles. The number of nitrogens with two attached hydrogens (primary N) is 1. The van der Waals surface area contributed by atoms with Crippen molar-refractivity contribution in [2.45, 2.75) is 19.4 Å². The van der Waals surface area contributed by atoms with Crippen molar-refractivity contribution in [3.63, 3.8) is 0 Å². The van der Waals surface area contributed by atoms with Crippen LogP contribution in [0.15, 0.2) is 18.2 Å². The highest BCUT2D eigenvalue weighted by Gasteiger charge is 2.29. The Morgan fingerprint density at radius 3 is 2.50 bits per heavy atom. The summed E-state index contributed by atoms with van der Waals surface area (Å²) in [5.41, 5.74) is 5.69. The van der Waals surface area contributed by atoms with Gasteiger partial charge in [-0.3, -0.25) is 14.5 Å². The van der Waals surface area contributed by atoms with Gasteiger partial charge in [-0.1, -0.05) is 12.1 Å². The van der Waals surface area contributed by atoms with Crippen LogP contribution < -0.4 is 5.73 Å². The molecular formula is C11H11FN2O2. The van der Waals surface area contributed by atoms with Gasteiger partial charge in [-0.15, -0.1) is 0 Å². The summed E-state index contributed by atoms with van der Waals surface area (Å²) in [5.74, 6) is -1.08. The van der Waals surface area contributed by atoms with Gasteiger partial charge >= 0.3 is 0 Å². The summed E-state index contributed by atoms with van der Waals surface area (Å²) in [6, 6.07) is 4.55. The Morgan fingerprint density at radius 1 is 1.25 bits per heavy atom. The van der Waals surface area contributed by atoms with Gasteiger partial charge in [0.15, 0.2) is 5.82 Å². The molecule has 0 unspecified atom stereocenters. The zero-order valence-electron chi connectivity index (χ0n) is 8.57. The van der Waals surface area contributed by atoms with E-state index in [4.69, 9.17) is 5.73 Å². The van der Waals surface area contributed by atoms with Crippen molar-refractivity contribution in [1.82, 2.24) is 4.90 Å². The molecule has 1 aromatic carbocycles. The molecule has 1 fully saturated rings. The minimum Gasteiger partial charge on any atom is -0.396 e. The number of hydrogen-bond donors (Lipinski definition) is 1. The third-order valence-electron chi connectivity index (χ3n) is 2.59. The number of halogens is 1. The Hall–Kier alpha value is -1.91. The average Bonchev–Trinajstić information content (AvgIpc) is 2.56. The highest BCUT2D eigenvalue weighted by molar-refractivity contribution is 6.01. The molecule has 0 bridgehead atoms. The van der Waals surface area contributed by atoms with Gasteiger partial charge in [-0.05, 0) is 6.07 Å². The van der Waals surface area contributed by atoms with Gasteiger partial charge in [0.1, 0.15) is 0 Å². The molecule has 2 N–H and O–H groups in total. The molecule has 0 radical (unpaired) electrons. The summed E-state index contributed by atoms with van der Waals surface area (Å²) >= 11 is 0. The van der Waals surface area contributed by atoms with Crippen molar-refractivity contribution >= 4 is 17.5 Å². The number of hydrogen-bond acceptors (Lipinski definition) is 3. The van der Waals surface area contributed by atoms with Crippen molar-refractivity contribution in [3.8, 4) is 0 Å². The quantitative estimate of drug-likeness (QED) is 0.601. The SMILES string of the molecule is Nc1cccc(CN2C(=O)CCC2=O)c1F. The lowest BCUT2D eigenvalue weighted by Gasteiger charge is -2.14. The first-order valence-electron chi connectivity index (χ1n) is 4.95. The average molecular weight is 222 g/mol. The first-order valence-corrected chi connectivity index (χ1v) is 4.95.